The number of nitrogens with zero attached hydrogens (tertiary/aromatic N) is 2. The molecule has 43 heavy (non-hydrogen) atoms. The Labute approximate surface area is 257 Å². The first kappa shape index (κ1) is 32.1. The number of primary amides is 1. The Bertz CT molecular complexity index is 1670. The van der Waals surface area contributed by atoms with Gasteiger partial charge in [0.1, 0.15) is 14.8 Å². The summed E-state index contributed by atoms with van der Waals surface area (Å²) in [6.07, 6.45) is 1.61. The lowest BCUT2D eigenvalue weighted by atomic mass is 9.71. The summed E-state index contributed by atoms with van der Waals surface area (Å²) in [5.74, 6) is -1.91. The number of amides is 2. The number of aromatic nitrogens is 1. The molecule has 4 rings (SSSR count). The maximum Gasteiger partial charge on any atom is 0.254 e. The number of carbonyl (C=O) groups excluding carboxylic acids is 2. The van der Waals surface area contributed by atoms with Crippen molar-refractivity contribution in [2.45, 2.75) is 44.8 Å². The molecule has 10 heteroatoms. The molecule has 0 aliphatic rings. The van der Waals surface area contributed by atoms with Crippen molar-refractivity contribution in [1.82, 2.24) is 15.2 Å². The number of nitrogens with two attached hydrogens (primary N) is 1. The number of thiazole rings is 1. The molecule has 1 aromatic heterocycles. The topological polar surface area (TPSA) is 122 Å². The van der Waals surface area contributed by atoms with Crippen LogP contribution in [-0.4, -0.2) is 49.2 Å². The van der Waals surface area contributed by atoms with Crippen molar-refractivity contribution in [2.24, 2.45) is 5.73 Å². The SMILES string of the molecule is CCC(c1c(C(N)=O)cccc1C(=O)N(C)Cc1nc(C)cs1)C(CS(C)(=O)=O)(NCc1ccccc1)c1ccccc1. The molecule has 3 aromatic carbocycles. The summed E-state index contributed by atoms with van der Waals surface area (Å²) < 4.78 is 26.4. The fourth-order valence-electron chi connectivity index (χ4n) is 5.76. The Morgan fingerprint density at radius 2 is 1.63 bits per heavy atom. The molecule has 0 fully saturated rings. The van der Waals surface area contributed by atoms with Gasteiger partial charge in [-0.15, -0.1) is 11.3 Å². The summed E-state index contributed by atoms with van der Waals surface area (Å²) >= 11 is 1.47. The van der Waals surface area contributed by atoms with Crippen LogP contribution < -0.4 is 11.1 Å². The average Bonchev–Trinajstić information content (AvgIpc) is 3.40. The van der Waals surface area contributed by atoms with Gasteiger partial charge in [-0.2, -0.15) is 0 Å². The second-order valence-electron chi connectivity index (χ2n) is 10.9. The van der Waals surface area contributed by atoms with Crippen molar-refractivity contribution in [3.63, 3.8) is 0 Å². The first-order valence-electron chi connectivity index (χ1n) is 14.1. The van der Waals surface area contributed by atoms with Gasteiger partial charge in [-0.25, -0.2) is 13.4 Å². The minimum absolute atomic E-state index is 0.187. The highest BCUT2D eigenvalue weighted by molar-refractivity contribution is 7.90. The van der Waals surface area contributed by atoms with Crippen LogP contribution in [0, 0.1) is 6.92 Å². The summed E-state index contributed by atoms with van der Waals surface area (Å²) in [7, 11) is -1.91. The van der Waals surface area contributed by atoms with Gasteiger partial charge in [-0.3, -0.25) is 9.59 Å². The summed E-state index contributed by atoms with van der Waals surface area (Å²) in [5.41, 5.74) is 8.21. The van der Waals surface area contributed by atoms with Crippen LogP contribution in [0.4, 0.5) is 0 Å². The molecule has 0 aliphatic carbocycles. The average molecular weight is 619 g/mol. The first-order chi connectivity index (χ1) is 20.4. The maximum atomic E-state index is 14.1. The fraction of sp³-hybridized carbons (Fsp3) is 0.303. The largest absolute Gasteiger partial charge is 0.366 e. The minimum atomic E-state index is -3.60. The zero-order valence-electron chi connectivity index (χ0n) is 24.9. The molecule has 0 saturated heterocycles. The Kier molecular flexibility index (Phi) is 10.2. The maximum absolute atomic E-state index is 14.1. The normalized spacial score (nSPS) is 13.7. The van der Waals surface area contributed by atoms with Crippen LogP contribution in [0.25, 0.3) is 0 Å². The van der Waals surface area contributed by atoms with E-state index < -0.39 is 27.2 Å². The number of hydrogen-bond acceptors (Lipinski definition) is 7. The molecule has 8 nitrogen and oxygen atoms in total. The monoisotopic (exact) mass is 618 g/mol. The van der Waals surface area contributed by atoms with E-state index in [1.165, 1.54) is 17.6 Å². The van der Waals surface area contributed by atoms with Gasteiger partial charge in [0.15, 0.2) is 0 Å². The van der Waals surface area contributed by atoms with E-state index in [-0.39, 0.29) is 23.8 Å². The molecule has 1 heterocycles. The third-order valence-corrected chi connectivity index (χ3v) is 9.50. The van der Waals surface area contributed by atoms with E-state index in [2.05, 4.69) is 10.3 Å². The van der Waals surface area contributed by atoms with Gasteiger partial charge in [0.25, 0.3) is 5.91 Å². The number of sulfone groups is 1. The number of aryl methyl sites for hydroxylation is 1. The zero-order chi connectivity index (χ0) is 31.2. The highest BCUT2D eigenvalue weighted by Gasteiger charge is 2.45. The summed E-state index contributed by atoms with van der Waals surface area (Å²) in [5, 5.41) is 6.33. The molecule has 0 aliphatic heterocycles. The van der Waals surface area contributed by atoms with Crippen LogP contribution in [0.1, 0.15) is 67.4 Å². The highest BCUT2D eigenvalue weighted by atomic mass is 32.2. The van der Waals surface area contributed by atoms with E-state index in [4.69, 9.17) is 5.73 Å². The predicted octanol–water partition coefficient (Wildman–Crippen LogP) is 5.05. The van der Waals surface area contributed by atoms with Crippen molar-refractivity contribution in [1.29, 1.82) is 0 Å². The van der Waals surface area contributed by atoms with E-state index in [0.29, 0.717) is 24.1 Å². The summed E-state index contributed by atoms with van der Waals surface area (Å²) in [6, 6.07) is 24.0. The van der Waals surface area contributed by atoms with Crippen LogP contribution in [-0.2, 0) is 28.5 Å². The standard InChI is InChI=1S/C33H38N4O4S2/c1-5-28(30-26(31(34)38)17-12-18-27(30)32(39)37(3)20-29-36-23(2)21-42-29)33(22-43(4,40)41,25-15-10-7-11-16-25)35-19-24-13-8-6-9-14-24/h6-18,21,28,35H,5,19-20,22H2,1-4H3,(H2,34,38). The number of carbonyl (C=O) groups is 2. The minimum Gasteiger partial charge on any atom is -0.366 e. The number of nitrogens with one attached hydrogen (secondary N) is 1. The van der Waals surface area contributed by atoms with E-state index >= 15 is 0 Å². The van der Waals surface area contributed by atoms with Crippen molar-refractivity contribution in [3.05, 3.63) is 123 Å². The molecule has 2 amide bonds. The Morgan fingerprint density at radius 1 is 1.00 bits per heavy atom. The van der Waals surface area contributed by atoms with Gasteiger partial charge in [0, 0.05) is 48.0 Å². The van der Waals surface area contributed by atoms with Crippen LogP contribution in [0.15, 0.2) is 84.2 Å². The Morgan fingerprint density at radius 3 is 2.19 bits per heavy atom. The molecule has 2 atom stereocenters. The van der Waals surface area contributed by atoms with E-state index in [1.54, 1.807) is 30.1 Å². The third kappa shape index (κ3) is 7.57. The molecule has 0 radical (unpaired) electrons. The number of hydrogen-bond donors (Lipinski definition) is 2. The summed E-state index contributed by atoms with van der Waals surface area (Å²) in [4.78, 5) is 33.1. The molecule has 0 spiro atoms. The Balaban J connectivity index is 1.94. The molecule has 3 N–H and O–H groups in total. The smallest absolute Gasteiger partial charge is 0.254 e. The quantitative estimate of drug-likeness (QED) is 0.216. The van der Waals surface area contributed by atoms with Crippen molar-refractivity contribution in [3.8, 4) is 0 Å². The van der Waals surface area contributed by atoms with E-state index in [0.717, 1.165) is 21.8 Å². The van der Waals surface area contributed by atoms with Gasteiger partial charge in [0.05, 0.1) is 17.8 Å². The van der Waals surface area contributed by atoms with Gasteiger partial charge >= 0.3 is 0 Å². The second kappa shape index (κ2) is 13.6. The second-order valence-corrected chi connectivity index (χ2v) is 14.0. The highest BCUT2D eigenvalue weighted by Crippen LogP contribution is 2.44. The lowest BCUT2D eigenvalue weighted by Crippen LogP contribution is -2.52. The number of benzene rings is 3. The van der Waals surface area contributed by atoms with Crippen LogP contribution >= 0.6 is 11.3 Å². The zero-order valence-corrected chi connectivity index (χ0v) is 26.5. The van der Waals surface area contributed by atoms with Crippen molar-refractivity contribution < 1.29 is 18.0 Å². The molecule has 0 bridgehead atoms. The Hall–Kier alpha value is -3.86. The molecule has 4 aromatic rings. The lowest BCUT2D eigenvalue weighted by molar-refractivity contribution is 0.0782. The van der Waals surface area contributed by atoms with Gasteiger partial charge in [0.2, 0.25) is 5.91 Å². The molecule has 226 valence electrons. The molecular formula is C33H38N4O4S2. The van der Waals surface area contributed by atoms with Crippen LogP contribution in [0.5, 0.6) is 0 Å². The first-order valence-corrected chi connectivity index (χ1v) is 17.0. The van der Waals surface area contributed by atoms with Gasteiger partial charge < -0.3 is 16.0 Å². The van der Waals surface area contributed by atoms with E-state index in [9.17, 15) is 18.0 Å². The van der Waals surface area contributed by atoms with E-state index in [1.807, 2.05) is 79.9 Å². The third-order valence-electron chi connectivity index (χ3n) is 7.57. The van der Waals surface area contributed by atoms with Crippen molar-refractivity contribution in [2.75, 3.05) is 19.1 Å². The molecule has 2 unspecified atom stereocenters. The fourth-order valence-corrected chi connectivity index (χ4v) is 7.88. The number of rotatable bonds is 13. The van der Waals surface area contributed by atoms with Gasteiger partial charge in [-0.05, 0) is 42.2 Å². The van der Waals surface area contributed by atoms with Gasteiger partial charge in [-0.1, -0.05) is 73.7 Å². The van der Waals surface area contributed by atoms with Crippen LogP contribution in [0.3, 0.4) is 0 Å². The predicted molar refractivity (Wildman–Crippen MR) is 172 cm³/mol. The molecule has 0 saturated carbocycles. The summed E-state index contributed by atoms with van der Waals surface area (Å²) in [6.45, 7) is 4.47. The van der Waals surface area contributed by atoms with Crippen LogP contribution in [0.2, 0.25) is 0 Å². The van der Waals surface area contributed by atoms with Crippen molar-refractivity contribution >= 4 is 33.0 Å². The molecular weight excluding hydrogens is 581 g/mol. The lowest BCUT2D eigenvalue weighted by Gasteiger charge is -2.43.